The molecule has 3 rings (SSSR count). The summed E-state index contributed by atoms with van der Waals surface area (Å²) < 4.78 is 21.3. The maximum atomic E-state index is 12.3. The summed E-state index contributed by atoms with van der Waals surface area (Å²) >= 11 is 0. The summed E-state index contributed by atoms with van der Waals surface area (Å²) in [5, 5.41) is 0. The van der Waals surface area contributed by atoms with E-state index in [1.807, 2.05) is 18.2 Å². The largest absolute Gasteiger partial charge is 0.496 e. The number of benzene rings is 2. The minimum absolute atomic E-state index is 0.315. The Kier molecular flexibility index (Phi) is 6.10. The summed E-state index contributed by atoms with van der Waals surface area (Å²) in [4.78, 5) is 24.2. The zero-order chi connectivity index (χ0) is 19.1. The molecule has 2 aromatic rings. The highest BCUT2D eigenvalue weighted by Crippen LogP contribution is 2.30. The molecule has 0 amide bonds. The van der Waals surface area contributed by atoms with E-state index in [4.69, 9.17) is 18.9 Å². The molecule has 1 aliphatic heterocycles. The van der Waals surface area contributed by atoms with E-state index in [0.717, 1.165) is 12.0 Å². The van der Waals surface area contributed by atoms with Crippen molar-refractivity contribution in [1.29, 1.82) is 0 Å². The Balaban J connectivity index is 1.58. The van der Waals surface area contributed by atoms with Gasteiger partial charge in [0.15, 0.2) is 23.9 Å². The fourth-order valence-electron chi connectivity index (χ4n) is 2.57. The molecular formula is C21H20O6. The number of esters is 1. The number of ether oxygens (including phenoxy) is 4. The molecule has 0 saturated heterocycles. The van der Waals surface area contributed by atoms with Gasteiger partial charge in [-0.25, -0.2) is 4.79 Å². The Labute approximate surface area is 157 Å². The summed E-state index contributed by atoms with van der Waals surface area (Å²) in [5.41, 5.74) is 1.15. The van der Waals surface area contributed by atoms with Crippen LogP contribution in [0.2, 0.25) is 0 Å². The predicted molar refractivity (Wildman–Crippen MR) is 99.4 cm³/mol. The number of rotatable bonds is 6. The number of carbonyl (C=O) groups is 2. The minimum Gasteiger partial charge on any atom is -0.496 e. The molecule has 27 heavy (non-hydrogen) atoms. The maximum Gasteiger partial charge on any atom is 0.331 e. The van der Waals surface area contributed by atoms with Gasteiger partial charge in [-0.15, -0.1) is 0 Å². The fraction of sp³-hybridized carbons (Fsp3) is 0.238. The predicted octanol–water partition coefficient (Wildman–Crippen LogP) is 3.30. The van der Waals surface area contributed by atoms with Crippen LogP contribution in [0.5, 0.6) is 17.2 Å². The number of hydrogen-bond donors (Lipinski definition) is 0. The van der Waals surface area contributed by atoms with Crippen LogP contribution in [0.15, 0.2) is 48.5 Å². The molecule has 0 unspecified atom stereocenters. The molecule has 1 heterocycles. The van der Waals surface area contributed by atoms with Crippen LogP contribution in [0.4, 0.5) is 0 Å². The van der Waals surface area contributed by atoms with Crippen LogP contribution >= 0.6 is 0 Å². The molecule has 0 atom stereocenters. The SMILES string of the molecule is COc1ccccc1/C=C/C(=O)OCC(=O)c1ccc2c(c1)OCCCO2. The summed E-state index contributed by atoms with van der Waals surface area (Å²) in [6.07, 6.45) is 3.63. The summed E-state index contributed by atoms with van der Waals surface area (Å²) in [7, 11) is 1.55. The molecule has 0 fully saturated rings. The number of methoxy groups -OCH3 is 1. The van der Waals surface area contributed by atoms with E-state index in [2.05, 4.69) is 0 Å². The van der Waals surface area contributed by atoms with Gasteiger partial charge >= 0.3 is 5.97 Å². The lowest BCUT2D eigenvalue weighted by Gasteiger charge is -2.09. The van der Waals surface area contributed by atoms with Gasteiger partial charge < -0.3 is 18.9 Å². The van der Waals surface area contributed by atoms with Crippen molar-refractivity contribution in [1.82, 2.24) is 0 Å². The van der Waals surface area contributed by atoms with Gasteiger partial charge in [-0.2, -0.15) is 0 Å². The number of Topliss-reactive ketones (excluding diaryl/α,β-unsaturated/α-hetero) is 1. The third-order valence-electron chi connectivity index (χ3n) is 3.95. The van der Waals surface area contributed by atoms with E-state index in [1.165, 1.54) is 6.08 Å². The highest BCUT2D eigenvalue weighted by molar-refractivity contribution is 5.99. The number of ketones is 1. The lowest BCUT2D eigenvalue weighted by atomic mass is 10.1. The van der Waals surface area contributed by atoms with Gasteiger partial charge in [-0.3, -0.25) is 4.79 Å². The Bertz CT molecular complexity index is 856. The topological polar surface area (TPSA) is 71.1 Å². The quantitative estimate of drug-likeness (QED) is 0.443. The zero-order valence-corrected chi connectivity index (χ0v) is 15.0. The molecule has 0 aliphatic carbocycles. The van der Waals surface area contributed by atoms with Gasteiger partial charge in [0.05, 0.1) is 20.3 Å². The molecule has 0 bridgehead atoms. The first-order chi connectivity index (χ1) is 13.2. The molecule has 0 saturated carbocycles. The molecule has 2 aromatic carbocycles. The van der Waals surface area contributed by atoms with Crippen molar-refractivity contribution in [3.63, 3.8) is 0 Å². The second kappa shape index (κ2) is 8.89. The lowest BCUT2D eigenvalue weighted by molar-refractivity contribution is -0.136. The molecule has 0 radical (unpaired) electrons. The number of para-hydroxylation sites is 1. The monoisotopic (exact) mass is 368 g/mol. The minimum atomic E-state index is -0.608. The zero-order valence-electron chi connectivity index (χ0n) is 15.0. The van der Waals surface area contributed by atoms with Crippen LogP contribution in [0.3, 0.4) is 0 Å². The van der Waals surface area contributed by atoms with Gasteiger partial charge in [-0.05, 0) is 30.3 Å². The smallest absolute Gasteiger partial charge is 0.331 e. The molecular weight excluding hydrogens is 348 g/mol. The second-order valence-corrected chi connectivity index (χ2v) is 5.82. The highest BCUT2D eigenvalue weighted by Gasteiger charge is 2.15. The average molecular weight is 368 g/mol. The van der Waals surface area contributed by atoms with Crippen molar-refractivity contribution in [3.05, 3.63) is 59.7 Å². The molecule has 0 aromatic heterocycles. The Morgan fingerprint density at radius 2 is 1.85 bits per heavy atom. The molecule has 6 nitrogen and oxygen atoms in total. The van der Waals surface area contributed by atoms with Crippen molar-refractivity contribution < 1.29 is 28.5 Å². The Hall–Kier alpha value is -3.28. The van der Waals surface area contributed by atoms with Crippen LogP contribution < -0.4 is 14.2 Å². The van der Waals surface area contributed by atoms with Gasteiger partial charge in [0, 0.05) is 23.6 Å². The third kappa shape index (κ3) is 4.88. The van der Waals surface area contributed by atoms with E-state index in [-0.39, 0.29) is 12.4 Å². The summed E-state index contributed by atoms with van der Waals surface area (Å²) in [6.45, 7) is 0.762. The molecule has 140 valence electrons. The highest BCUT2D eigenvalue weighted by atomic mass is 16.5. The first-order valence-corrected chi connectivity index (χ1v) is 8.58. The summed E-state index contributed by atoms with van der Waals surface area (Å²) in [5.74, 6) is 0.861. The van der Waals surface area contributed by atoms with Crippen molar-refractivity contribution in [3.8, 4) is 17.2 Å². The third-order valence-corrected chi connectivity index (χ3v) is 3.95. The number of carbonyl (C=O) groups excluding carboxylic acids is 2. The molecule has 0 N–H and O–H groups in total. The number of hydrogen-bond acceptors (Lipinski definition) is 6. The summed E-state index contributed by atoms with van der Waals surface area (Å²) in [6, 6.07) is 12.2. The lowest BCUT2D eigenvalue weighted by Crippen LogP contribution is -2.12. The molecule has 6 heteroatoms. The Morgan fingerprint density at radius 3 is 2.67 bits per heavy atom. The van der Waals surface area contributed by atoms with Gasteiger partial charge in [0.25, 0.3) is 0 Å². The van der Waals surface area contributed by atoms with E-state index in [9.17, 15) is 9.59 Å². The normalized spacial score (nSPS) is 13.1. The standard InChI is InChI=1S/C21H20O6/c1-24-18-6-3-2-5-15(18)8-10-21(23)27-14-17(22)16-7-9-19-20(13-16)26-12-4-11-25-19/h2-3,5-10,13H,4,11-12,14H2,1H3/b10-8+. The second-order valence-electron chi connectivity index (χ2n) is 5.82. The van der Waals surface area contributed by atoms with E-state index >= 15 is 0 Å². The first kappa shape index (κ1) is 18.5. The van der Waals surface area contributed by atoms with Gasteiger partial charge in [0.1, 0.15) is 5.75 Å². The van der Waals surface area contributed by atoms with Crippen molar-refractivity contribution in [2.24, 2.45) is 0 Å². The number of fused-ring (bicyclic) bond motifs is 1. The van der Waals surface area contributed by atoms with Crippen LogP contribution in [0.25, 0.3) is 6.08 Å². The maximum absolute atomic E-state index is 12.3. The average Bonchev–Trinajstić information content (AvgIpc) is 2.95. The van der Waals surface area contributed by atoms with Crippen molar-refractivity contribution in [2.45, 2.75) is 6.42 Å². The van der Waals surface area contributed by atoms with Crippen molar-refractivity contribution in [2.75, 3.05) is 26.9 Å². The Morgan fingerprint density at radius 1 is 1.07 bits per heavy atom. The van der Waals surface area contributed by atoms with E-state index < -0.39 is 5.97 Å². The van der Waals surface area contributed by atoms with E-state index in [0.29, 0.717) is 36.0 Å². The molecule has 0 spiro atoms. The van der Waals surface area contributed by atoms with Gasteiger partial charge in [0.2, 0.25) is 0 Å². The first-order valence-electron chi connectivity index (χ1n) is 8.58. The van der Waals surface area contributed by atoms with Crippen molar-refractivity contribution >= 4 is 17.8 Å². The van der Waals surface area contributed by atoms with Crippen LogP contribution in [-0.2, 0) is 9.53 Å². The van der Waals surface area contributed by atoms with Gasteiger partial charge in [-0.1, -0.05) is 18.2 Å². The van der Waals surface area contributed by atoms with Crippen LogP contribution in [0.1, 0.15) is 22.3 Å². The van der Waals surface area contributed by atoms with Crippen LogP contribution in [0, 0.1) is 0 Å². The van der Waals surface area contributed by atoms with E-state index in [1.54, 1.807) is 37.5 Å². The van der Waals surface area contributed by atoms with Crippen LogP contribution in [-0.4, -0.2) is 38.7 Å². The fourth-order valence-corrected chi connectivity index (χ4v) is 2.57. The molecule has 1 aliphatic rings.